The molecule has 0 aliphatic heterocycles. The van der Waals surface area contributed by atoms with Crippen molar-refractivity contribution in [2.45, 2.75) is 32.3 Å². The lowest BCUT2D eigenvalue weighted by Gasteiger charge is -2.22. The van der Waals surface area contributed by atoms with Crippen molar-refractivity contribution in [3.05, 3.63) is 29.6 Å². The molecule has 4 heteroatoms. The summed E-state index contributed by atoms with van der Waals surface area (Å²) in [5, 5.41) is 0. The normalized spacial score (nSPS) is 10.8. The van der Waals surface area contributed by atoms with Gasteiger partial charge >= 0.3 is 0 Å². The van der Waals surface area contributed by atoms with Gasteiger partial charge in [0.05, 0.1) is 17.8 Å². The van der Waals surface area contributed by atoms with Crippen LogP contribution < -0.4 is 4.74 Å². The minimum atomic E-state index is -0.339. The number of hydrogen-bond acceptors (Lipinski definition) is 2. The van der Waals surface area contributed by atoms with Gasteiger partial charge in [-0.2, -0.15) is 0 Å². The van der Waals surface area contributed by atoms with E-state index in [4.69, 9.17) is 21.1 Å². The number of rotatable bonds is 6. The van der Waals surface area contributed by atoms with Crippen molar-refractivity contribution in [1.82, 2.24) is 0 Å². The number of hydrogen-bond donors (Lipinski definition) is 0. The fourth-order valence-electron chi connectivity index (χ4n) is 1.43. The molecular weight excluding hydrogens is 279 g/mol. The van der Waals surface area contributed by atoms with Crippen LogP contribution >= 0.6 is 11.6 Å². The summed E-state index contributed by atoms with van der Waals surface area (Å²) in [6.45, 7) is 4.39. The topological polar surface area (TPSA) is 18.5 Å². The smallest absolute Gasteiger partial charge is 0.137 e. The molecule has 0 radical (unpaired) electrons. The Balaban J connectivity index is 2.73. The lowest BCUT2D eigenvalue weighted by molar-refractivity contribution is 0.00541. The van der Waals surface area contributed by atoms with E-state index >= 15 is 0 Å². The summed E-state index contributed by atoms with van der Waals surface area (Å²) in [5.74, 6) is 6.46. The summed E-state index contributed by atoms with van der Waals surface area (Å²) in [5.41, 5.74) is 0.407. The summed E-state index contributed by atoms with van der Waals surface area (Å²) in [6, 6.07) is 4.34. The van der Waals surface area contributed by atoms with Gasteiger partial charge in [0.1, 0.15) is 11.6 Å². The predicted octanol–water partition coefficient (Wildman–Crippen LogP) is 4.00. The third-order valence-corrected chi connectivity index (χ3v) is 3.09. The summed E-state index contributed by atoms with van der Waals surface area (Å²) in [6.07, 6.45) is 1.30. The molecule has 0 N–H and O–H groups in total. The molecule has 0 bridgehead atoms. The van der Waals surface area contributed by atoms with Crippen molar-refractivity contribution in [2.75, 3.05) is 19.6 Å². The maximum Gasteiger partial charge on any atom is 0.137 e. The van der Waals surface area contributed by atoms with Gasteiger partial charge in [0.25, 0.3) is 0 Å². The van der Waals surface area contributed by atoms with E-state index in [9.17, 15) is 4.39 Å². The average Bonchev–Trinajstić information content (AvgIpc) is 2.41. The fourth-order valence-corrected chi connectivity index (χ4v) is 1.53. The van der Waals surface area contributed by atoms with Crippen LogP contribution in [0.25, 0.3) is 0 Å². The summed E-state index contributed by atoms with van der Waals surface area (Å²) in [4.78, 5) is 0. The molecule has 0 spiro atoms. The molecule has 0 fully saturated rings. The highest BCUT2D eigenvalue weighted by molar-refractivity contribution is 6.18. The number of benzene rings is 1. The first kappa shape index (κ1) is 16.8. The second-order valence-electron chi connectivity index (χ2n) is 4.94. The van der Waals surface area contributed by atoms with Crippen LogP contribution in [0.3, 0.4) is 0 Å². The van der Waals surface area contributed by atoms with E-state index in [0.717, 1.165) is 0 Å². The maximum absolute atomic E-state index is 13.3. The largest absolute Gasteiger partial charge is 0.492 e. The first-order valence-electron chi connectivity index (χ1n) is 6.51. The van der Waals surface area contributed by atoms with Crippen LogP contribution in [0.5, 0.6) is 5.75 Å². The molecule has 20 heavy (non-hydrogen) atoms. The monoisotopic (exact) mass is 298 g/mol. The van der Waals surface area contributed by atoms with Crippen molar-refractivity contribution in [3.63, 3.8) is 0 Å². The zero-order valence-corrected chi connectivity index (χ0v) is 12.9. The molecule has 0 aromatic heterocycles. The van der Waals surface area contributed by atoms with Gasteiger partial charge in [-0.3, -0.25) is 0 Å². The molecule has 0 saturated heterocycles. The molecule has 1 aromatic carbocycles. The Bertz CT molecular complexity index is 489. The van der Waals surface area contributed by atoms with E-state index in [2.05, 4.69) is 11.8 Å². The molecule has 0 heterocycles. The highest BCUT2D eigenvalue weighted by Gasteiger charge is 2.16. The molecule has 0 atom stereocenters. The van der Waals surface area contributed by atoms with Crippen molar-refractivity contribution in [3.8, 4) is 17.6 Å². The molecule has 0 aliphatic carbocycles. The molecule has 110 valence electrons. The molecule has 0 unspecified atom stereocenters. The molecule has 0 saturated carbocycles. The SMILES string of the molecule is COC(C)(C)CCOc1cc(F)ccc1C#CCCCl. The van der Waals surface area contributed by atoms with Crippen molar-refractivity contribution < 1.29 is 13.9 Å². The van der Waals surface area contributed by atoms with Gasteiger partial charge in [0, 0.05) is 31.9 Å². The van der Waals surface area contributed by atoms with E-state index < -0.39 is 0 Å². The van der Waals surface area contributed by atoms with Gasteiger partial charge in [0.2, 0.25) is 0 Å². The van der Waals surface area contributed by atoms with Gasteiger partial charge in [-0.05, 0) is 26.0 Å². The Morgan fingerprint density at radius 1 is 1.35 bits per heavy atom. The van der Waals surface area contributed by atoms with Crippen LogP contribution in [-0.2, 0) is 4.74 Å². The third-order valence-electron chi connectivity index (χ3n) is 2.90. The van der Waals surface area contributed by atoms with Gasteiger partial charge < -0.3 is 9.47 Å². The Hall–Kier alpha value is -1.24. The molecule has 2 nitrogen and oxygen atoms in total. The van der Waals surface area contributed by atoms with Gasteiger partial charge in [-0.15, -0.1) is 11.6 Å². The Morgan fingerprint density at radius 3 is 2.75 bits per heavy atom. The minimum absolute atomic E-state index is 0.266. The van der Waals surface area contributed by atoms with Gasteiger partial charge in [-0.1, -0.05) is 11.8 Å². The fraction of sp³-hybridized carbons (Fsp3) is 0.500. The van der Waals surface area contributed by atoms with Crippen LogP contribution in [-0.4, -0.2) is 25.2 Å². The molecule has 1 rings (SSSR count). The average molecular weight is 299 g/mol. The Labute approximate surface area is 125 Å². The first-order chi connectivity index (χ1) is 9.48. The third kappa shape index (κ3) is 5.81. The van der Waals surface area contributed by atoms with Crippen molar-refractivity contribution in [1.29, 1.82) is 0 Å². The van der Waals surface area contributed by atoms with Gasteiger partial charge in [-0.25, -0.2) is 4.39 Å². The summed E-state index contributed by atoms with van der Waals surface area (Å²) >= 11 is 5.57. The second kappa shape index (κ2) is 8.14. The first-order valence-corrected chi connectivity index (χ1v) is 7.04. The summed E-state index contributed by atoms with van der Waals surface area (Å²) in [7, 11) is 1.66. The highest BCUT2D eigenvalue weighted by Crippen LogP contribution is 2.21. The molecule has 0 aliphatic rings. The Morgan fingerprint density at radius 2 is 2.10 bits per heavy atom. The van der Waals surface area contributed by atoms with E-state index in [-0.39, 0.29) is 11.4 Å². The zero-order chi connectivity index (χ0) is 15.0. The van der Waals surface area contributed by atoms with Crippen LogP contribution in [0.4, 0.5) is 4.39 Å². The van der Waals surface area contributed by atoms with E-state index in [1.54, 1.807) is 13.2 Å². The number of alkyl halides is 1. The van der Waals surface area contributed by atoms with E-state index in [1.807, 2.05) is 13.8 Å². The lowest BCUT2D eigenvalue weighted by atomic mass is 10.1. The molecule has 0 amide bonds. The number of ether oxygens (including phenoxy) is 2. The lowest BCUT2D eigenvalue weighted by Crippen LogP contribution is -2.25. The van der Waals surface area contributed by atoms with Crippen molar-refractivity contribution >= 4 is 11.6 Å². The number of halogens is 2. The van der Waals surface area contributed by atoms with Gasteiger partial charge in [0.15, 0.2) is 0 Å². The minimum Gasteiger partial charge on any atom is -0.492 e. The predicted molar refractivity (Wildman–Crippen MR) is 79.8 cm³/mol. The highest BCUT2D eigenvalue weighted by atomic mass is 35.5. The molecular formula is C16H20ClFO2. The van der Waals surface area contributed by atoms with Crippen LogP contribution in [0.15, 0.2) is 18.2 Å². The van der Waals surface area contributed by atoms with Crippen molar-refractivity contribution in [2.24, 2.45) is 0 Å². The number of methoxy groups -OCH3 is 1. The van der Waals surface area contributed by atoms with Crippen LogP contribution in [0.1, 0.15) is 32.3 Å². The molecule has 1 aromatic rings. The van der Waals surface area contributed by atoms with Crippen LogP contribution in [0, 0.1) is 17.7 Å². The zero-order valence-electron chi connectivity index (χ0n) is 12.1. The van der Waals surface area contributed by atoms with E-state index in [1.165, 1.54) is 12.1 Å². The summed E-state index contributed by atoms with van der Waals surface area (Å²) < 4.78 is 24.2. The standard InChI is InChI=1S/C16H20ClFO2/c1-16(2,19-3)9-11-20-15-12-14(18)8-7-13(15)6-4-5-10-17/h7-8,12H,5,9-11H2,1-3H3. The second-order valence-corrected chi connectivity index (χ2v) is 5.32. The van der Waals surface area contributed by atoms with Crippen LogP contribution in [0.2, 0.25) is 0 Å². The Kier molecular flexibility index (Phi) is 6.84. The van der Waals surface area contributed by atoms with E-state index in [0.29, 0.717) is 36.6 Å². The quantitative estimate of drug-likeness (QED) is 0.584. The maximum atomic E-state index is 13.3.